The zero-order valence-electron chi connectivity index (χ0n) is 6.60. The molecule has 0 aliphatic heterocycles. The van der Waals surface area contributed by atoms with Gasteiger partial charge in [-0.3, -0.25) is 4.99 Å². The standard InChI is InChI=1S/C5H13N3.ClH.Cu/c1-6-5(7-2)8(3)4;;/h1-4H3,(H,6,7);1H;. The minimum Gasteiger partial charge on any atom is -0.359 e. The second-order valence-corrected chi connectivity index (χ2v) is 1.69. The van der Waals surface area contributed by atoms with Crippen LogP contribution in [0.25, 0.3) is 0 Å². The minimum absolute atomic E-state index is 0. The van der Waals surface area contributed by atoms with E-state index in [0.29, 0.717) is 0 Å². The van der Waals surface area contributed by atoms with E-state index in [-0.39, 0.29) is 29.5 Å². The van der Waals surface area contributed by atoms with Gasteiger partial charge in [0.1, 0.15) is 0 Å². The van der Waals surface area contributed by atoms with Crippen molar-refractivity contribution < 1.29 is 17.1 Å². The van der Waals surface area contributed by atoms with Crippen molar-refractivity contribution in [3.63, 3.8) is 0 Å². The number of rotatable bonds is 0. The number of aliphatic imine (C=N–C) groups is 1. The molecule has 5 heteroatoms. The quantitative estimate of drug-likeness (QED) is 0.354. The molecule has 0 rings (SSSR count). The summed E-state index contributed by atoms with van der Waals surface area (Å²) in [5.41, 5.74) is 0. The third-order valence-electron chi connectivity index (χ3n) is 0.859. The number of halogens is 1. The first-order valence-electron chi connectivity index (χ1n) is 2.54. The van der Waals surface area contributed by atoms with Gasteiger partial charge in [0.2, 0.25) is 0 Å². The van der Waals surface area contributed by atoms with E-state index in [2.05, 4.69) is 10.3 Å². The average Bonchev–Trinajstić information content (AvgIpc) is 1.69. The molecular formula is C5H14ClCuN3. The Balaban J connectivity index is -0.000000245. The molecule has 0 aromatic rings. The first kappa shape index (κ1) is 16.6. The topological polar surface area (TPSA) is 27.6 Å². The van der Waals surface area contributed by atoms with Crippen LogP contribution in [0.2, 0.25) is 0 Å². The van der Waals surface area contributed by atoms with Crippen LogP contribution in [0.1, 0.15) is 0 Å². The van der Waals surface area contributed by atoms with Gasteiger partial charge >= 0.3 is 0 Å². The molecule has 0 aromatic heterocycles. The van der Waals surface area contributed by atoms with Crippen molar-refractivity contribution in [2.75, 3.05) is 28.2 Å². The van der Waals surface area contributed by atoms with Crippen molar-refractivity contribution in [2.24, 2.45) is 4.99 Å². The number of hydrogen-bond donors (Lipinski definition) is 1. The van der Waals surface area contributed by atoms with Crippen LogP contribution in [0.3, 0.4) is 0 Å². The van der Waals surface area contributed by atoms with Crippen LogP contribution in [-0.4, -0.2) is 39.1 Å². The Kier molecular flexibility index (Phi) is 15.1. The van der Waals surface area contributed by atoms with E-state index in [0.717, 1.165) is 5.96 Å². The molecule has 67 valence electrons. The Labute approximate surface area is 79.2 Å². The van der Waals surface area contributed by atoms with Crippen LogP contribution in [0.15, 0.2) is 4.99 Å². The summed E-state index contributed by atoms with van der Waals surface area (Å²) in [5, 5.41) is 2.93. The summed E-state index contributed by atoms with van der Waals surface area (Å²) in [6.07, 6.45) is 0. The average molecular weight is 215 g/mol. The van der Waals surface area contributed by atoms with Crippen molar-refractivity contribution in [3.05, 3.63) is 0 Å². The summed E-state index contributed by atoms with van der Waals surface area (Å²) >= 11 is 0. The molecular weight excluding hydrogens is 201 g/mol. The van der Waals surface area contributed by atoms with Gasteiger partial charge in [-0.05, 0) is 0 Å². The Morgan fingerprint density at radius 2 is 1.80 bits per heavy atom. The largest absolute Gasteiger partial charge is 0.359 e. The van der Waals surface area contributed by atoms with Gasteiger partial charge < -0.3 is 10.2 Å². The van der Waals surface area contributed by atoms with E-state index < -0.39 is 0 Å². The molecule has 0 atom stereocenters. The van der Waals surface area contributed by atoms with Gasteiger partial charge in [-0.25, -0.2) is 0 Å². The van der Waals surface area contributed by atoms with Crippen molar-refractivity contribution in [3.8, 4) is 0 Å². The molecule has 0 aromatic carbocycles. The third kappa shape index (κ3) is 6.20. The van der Waals surface area contributed by atoms with Gasteiger partial charge in [0, 0.05) is 45.3 Å². The van der Waals surface area contributed by atoms with Crippen LogP contribution in [-0.2, 0) is 17.1 Å². The van der Waals surface area contributed by atoms with Crippen LogP contribution >= 0.6 is 12.4 Å². The Bertz CT molecular complexity index is 94.9. The first-order chi connectivity index (χ1) is 3.72. The zero-order chi connectivity index (χ0) is 6.57. The maximum Gasteiger partial charge on any atom is 0.192 e. The predicted octanol–water partition coefficient (Wildman–Crippen LogP) is 0.172. The van der Waals surface area contributed by atoms with Gasteiger partial charge in [-0.1, -0.05) is 0 Å². The zero-order valence-corrected chi connectivity index (χ0v) is 8.36. The fourth-order valence-electron chi connectivity index (χ4n) is 0.535. The van der Waals surface area contributed by atoms with Crippen LogP contribution in [0.4, 0.5) is 0 Å². The molecule has 0 aliphatic carbocycles. The molecule has 0 bridgehead atoms. The van der Waals surface area contributed by atoms with E-state index in [1.54, 1.807) is 7.05 Å². The molecule has 0 heterocycles. The van der Waals surface area contributed by atoms with Gasteiger partial charge in [-0.2, -0.15) is 0 Å². The molecule has 10 heavy (non-hydrogen) atoms. The summed E-state index contributed by atoms with van der Waals surface area (Å²) in [6, 6.07) is 0. The van der Waals surface area contributed by atoms with Crippen molar-refractivity contribution in [1.29, 1.82) is 0 Å². The van der Waals surface area contributed by atoms with Gasteiger partial charge in [0.25, 0.3) is 0 Å². The summed E-state index contributed by atoms with van der Waals surface area (Å²) < 4.78 is 0. The molecule has 0 fully saturated rings. The molecule has 1 N–H and O–H groups in total. The second kappa shape index (κ2) is 9.08. The molecule has 0 saturated heterocycles. The predicted molar refractivity (Wildman–Crippen MR) is 43.4 cm³/mol. The normalized spacial score (nSPS) is 9.00. The van der Waals surface area contributed by atoms with Crippen LogP contribution in [0.5, 0.6) is 0 Å². The van der Waals surface area contributed by atoms with E-state index in [1.807, 2.05) is 26.0 Å². The summed E-state index contributed by atoms with van der Waals surface area (Å²) in [4.78, 5) is 5.85. The Morgan fingerprint density at radius 1 is 1.40 bits per heavy atom. The van der Waals surface area contributed by atoms with Crippen molar-refractivity contribution in [1.82, 2.24) is 10.2 Å². The van der Waals surface area contributed by atoms with Gasteiger partial charge in [-0.15, -0.1) is 12.4 Å². The van der Waals surface area contributed by atoms with E-state index >= 15 is 0 Å². The summed E-state index contributed by atoms with van der Waals surface area (Å²) in [6.45, 7) is 0. The molecule has 0 unspecified atom stereocenters. The van der Waals surface area contributed by atoms with Crippen molar-refractivity contribution >= 4 is 18.4 Å². The fourth-order valence-corrected chi connectivity index (χ4v) is 0.535. The van der Waals surface area contributed by atoms with Crippen LogP contribution < -0.4 is 5.32 Å². The third-order valence-corrected chi connectivity index (χ3v) is 0.859. The van der Waals surface area contributed by atoms with Gasteiger partial charge in [0.05, 0.1) is 0 Å². The molecule has 1 radical (unpaired) electrons. The minimum atomic E-state index is 0. The Morgan fingerprint density at radius 3 is 1.80 bits per heavy atom. The monoisotopic (exact) mass is 214 g/mol. The molecule has 0 amide bonds. The summed E-state index contributed by atoms with van der Waals surface area (Å²) in [5.74, 6) is 0.894. The fraction of sp³-hybridized carbons (Fsp3) is 0.800. The van der Waals surface area contributed by atoms with E-state index in [9.17, 15) is 0 Å². The molecule has 3 nitrogen and oxygen atoms in total. The van der Waals surface area contributed by atoms with Crippen molar-refractivity contribution in [2.45, 2.75) is 0 Å². The number of hydrogen-bond acceptors (Lipinski definition) is 1. The van der Waals surface area contributed by atoms with Gasteiger partial charge in [0.15, 0.2) is 5.96 Å². The number of nitrogens with one attached hydrogen (secondary N) is 1. The number of nitrogens with zero attached hydrogens (tertiary/aromatic N) is 2. The Hall–Kier alpha value is 0.0795. The number of guanidine groups is 1. The maximum atomic E-state index is 3.94. The van der Waals surface area contributed by atoms with Crippen LogP contribution in [0, 0.1) is 0 Å². The molecule has 0 aliphatic rings. The molecule has 0 spiro atoms. The first-order valence-corrected chi connectivity index (χ1v) is 2.54. The summed E-state index contributed by atoms with van der Waals surface area (Å²) in [7, 11) is 7.49. The molecule has 0 saturated carbocycles. The maximum absolute atomic E-state index is 3.94. The second-order valence-electron chi connectivity index (χ2n) is 1.69. The van der Waals surface area contributed by atoms with E-state index in [4.69, 9.17) is 0 Å². The smallest absolute Gasteiger partial charge is 0.192 e. The van der Waals surface area contributed by atoms with E-state index in [1.165, 1.54) is 0 Å². The SMILES string of the molecule is CN=C(NC)N(C)C.Cl.[Cu].